The van der Waals surface area contributed by atoms with Gasteiger partial charge in [-0.15, -0.1) is 0 Å². The van der Waals surface area contributed by atoms with Gasteiger partial charge in [0.05, 0.1) is 11.7 Å². The molecule has 4 rings (SSSR count). The summed E-state index contributed by atoms with van der Waals surface area (Å²) < 4.78 is 7.28. The maximum absolute atomic E-state index is 12.8. The summed E-state index contributed by atoms with van der Waals surface area (Å²) >= 11 is 0. The summed E-state index contributed by atoms with van der Waals surface area (Å²) in [7, 11) is 0. The fourth-order valence-electron chi connectivity index (χ4n) is 4.12. The van der Waals surface area contributed by atoms with E-state index in [-0.39, 0.29) is 23.9 Å². The zero-order chi connectivity index (χ0) is 24.6. The maximum Gasteiger partial charge on any atom is 0.263 e. The number of fused-ring (bicyclic) bond motifs is 1. The summed E-state index contributed by atoms with van der Waals surface area (Å²) in [6.07, 6.45) is 1.42. The van der Waals surface area contributed by atoms with E-state index in [1.54, 1.807) is 0 Å². The third-order valence-corrected chi connectivity index (χ3v) is 5.93. The van der Waals surface area contributed by atoms with Crippen molar-refractivity contribution < 1.29 is 9.53 Å². The molecule has 0 atom stereocenters. The molecule has 2 aromatic carbocycles. The molecular formula is C27H27N5O2. The standard InChI is InChI=1S/C27H27N5O2/c1-15-8-19(5)26-22(9-15)18(4)11-24(30-26)32-27(21(12-28)13-29-32)31-25(33)14-34-23-10-16(2)7-17(3)20(23)6/h7-11,13H,14H2,1-6H3,(H,31,33). The Morgan fingerprint density at radius 2 is 1.71 bits per heavy atom. The molecule has 0 saturated carbocycles. The molecule has 7 heteroatoms. The lowest BCUT2D eigenvalue weighted by molar-refractivity contribution is -0.118. The van der Waals surface area contributed by atoms with Crippen LogP contribution < -0.4 is 10.1 Å². The number of rotatable bonds is 5. The molecule has 0 aliphatic carbocycles. The second-order valence-corrected chi connectivity index (χ2v) is 8.75. The Labute approximate surface area is 199 Å². The van der Waals surface area contributed by atoms with Crippen molar-refractivity contribution in [3.63, 3.8) is 0 Å². The number of aryl methyl sites for hydroxylation is 5. The number of pyridine rings is 1. The molecule has 1 N–H and O–H groups in total. The number of hydrogen-bond acceptors (Lipinski definition) is 5. The molecule has 0 saturated heterocycles. The highest BCUT2D eigenvalue weighted by Gasteiger charge is 2.18. The molecule has 172 valence electrons. The van der Waals surface area contributed by atoms with Gasteiger partial charge in [0.15, 0.2) is 18.2 Å². The Morgan fingerprint density at radius 1 is 1.00 bits per heavy atom. The Hall–Kier alpha value is -4.18. The highest BCUT2D eigenvalue weighted by atomic mass is 16.5. The van der Waals surface area contributed by atoms with Gasteiger partial charge in [-0.1, -0.05) is 17.7 Å². The second-order valence-electron chi connectivity index (χ2n) is 8.75. The van der Waals surface area contributed by atoms with Crippen molar-refractivity contribution in [2.75, 3.05) is 11.9 Å². The van der Waals surface area contributed by atoms with Crippen molar-refractivity contribution in [3.05, 3.63) is 75.5 Å². The fraction of sp³-hybridized carbons (Fsp3) is 0.259. The number of nitriles is 1. The molecule has 1 amide bonds. The highest BCUT2D eigenvalue weighted by molar-refractivity contribution is 5.93. The van der Waals surface area contributed by atoms with Gasteiger partial charge >= 0.3 is 0 Å². The van der Waals surface area contributed by atoms with E-state index in [1.807, 2.05) is 46.8 Å². The topological polar surface area (TPSA) is 92.8 Å². The average molecular weight is 454 g/mol. The summed E-state index contributed by atoms with van der Waals surface area (Å²) in [4.78, 5) is 17.6. The summed E-state index contributed by atoms with van der Waals surface area (Å²) in [5.74, 6) is 1.07. The SMILES string of the molecule is Cc1cc(C)c(C)c(OCC(=O)Nc2c(C#N)cnn2-c2cc(C)c3cc(C)cc(C)c3n2)c1. The molecule has 34 heavy (non-hydrogen) atoms. The van der Waals surface area contributed by atoms with E-state index < -0.39 is 0 Å². The van der Waals surface area contributed by atoms with Gasteiger partial charge in [0.25, 0.3) is 5.91 Å². The first-order valence-electron chi connectivity index (χ1n) is 11.1. The quantitative estimate of drug-likeness (QED) is 0.451. The van der Waals surface area contributed by atoms with Crippen LogP contribution in [0.4, 0.5) is 5.82 Å². The number of hydrogen-bond donors (Lipinski definition) is 1. The largest absolute Gasteiger partial charge is 0.483 e. The monoisotopic (exact) mass is 453 g/mol. The third kappa shape index (κ3) is 4.35. The van der Waals surface area contributed by atoms with Crippen LogP contribution in [0.25, 0.3) is 16.7 Å². The minimum Gasteiger partial charge on any atom is -0.483 e. The fourth-order valence-corrected chi connectivity index (χ4v) is 4.12. The van der Waals surface area contributed by atoms with Crippen LogP contribution in [0.3, 0.4) is 0 Å². The van der Waals surface area contributed by atoms with E-state index in [4.69, 9.17) is 9.72 Å². The summed E-state index contributed by atoms with van der Waals surface area (Å²) in [6, 6.07) is 12.2. The second kappa shape index (κ2) is 8.99. The molecule has 7 nitrogen and oxygen atoms in total. The number of ether oxygens (including phenoxy) is 1. The van der Waals surface area contributed by atoms with Crippen LogP contribution in [0.15, 0.2) is 36.5 Å². The van der Waals surface area contributed by atoms with Crippen LogP contribution in [-0.4, -0.2) is 27.3 Å². The van der Waals surface area contributed by atoms with E-state index in [9.17, 15) is 10.1 Å². The molecular weight excluding hydrogens is 426 g/mol. The van der Waals surface area contributed by atoms with Crippen molar-refractivity contribution in [1.29, 1.82) is 5.26 Å². The van der Waals surface area contributed by atoms with Gasteiger partial charge in [-0.2, -0.15) is 15.0 Å². The van der Waals surface area contributed by atoms with Gasteiger partial charge < -0.3 is 10.1 Å². The predicted molar refractivity (Wildman–Crippen MR) is 133 cm³/mol. The van der Waals surface area contributed by atoms with Gasteiger partial charge in [-0.3, -0.25) is 4.79 Å². The Kier molecular flexibility index (Phi) is 6.08. The lowest BCUT2D eigenvalue weighted by Crippen LogP contribution is -2.23. The van der Waals surface area contributed by atoms with Crippen molar-refractivity contribution >= 4 is 22.6 Å². The number of benzene rings is 2. The molecule has 0 aliphatic heterocycles. The van der Waals surface area contributed by atoms with Crippen LogP contribution in [0.2, 0.25) is 0 Å². The Morgan fingerprint density at radius 3 is 2.44 bits per heavy atom. The summed E-state index contributed by atoms with van der Waals surface area (Å²) in [5.41, 5.74) is 7.51. The first kappa shape index (κ1) is 23.0. The maximum atomic E-state index is 12.8. The molecule has 0 fully saturated rings. The number of nitrogens with one attached hydrogen (secondary N) is 1. The minimum absolute atomic E-state index is 0.192. The lowest BCUT2D eigenvalue weighted by Gasteiger charge is -2.14. The number of nitrogens with zero attached hydrogens (tertiary/aromatic N) is 4. The number of carbonyl (C=O) groups is 1. The first-order chi connectivity index (χ1) is 16.2. The van der Waals surface area contributed by atoms with Gasteiger partial charge in [0.2, 0.25) is 0 Å². The number of aromatic nitrogens is 3. The smallest absolute Gasteiger partial charge is 0.263 e. The zero-order valence-electron chi connectivity index (χ0n) is 20.3. The molecule has 2 heterocycles. The Bertz CT molecular complexity index is 1480. The van der Waals surface area contributed by atoms with Gasteiger partial charge in [-0.25, -0.2) is 4.98 Å². The molecule has 0 spiro atoms. The van der Waals surface area contributed by atoms with Crippen LogP contribution in [0.5, 0.6) is 5.75 Å². The van der Waals surface area contributed by atoms with Crippen molar-refractivity contribution in [2.24, 2.45) is 0 Å². The molecule has 2 aromatic heterocycles. The van der Waals surface area contributed by atoms with E-state index in [0.717, 1.165) is 38.7 Å². The average Bonchev–Trinajstić information content (AvgIpc) is 3.18. The van der Waals surface area contributed by atoms with Crippen LogP contribution >= 0.6 is 0 Å². The summed E-state index contributed by atoms with van der Waals surface area (Å²) in [6.45, 7) is 11.9. The minimum atomic E-state index is -0.388. The van der Waals surface area contributed by atoms with E-state index in [2.05, 4.69) is 41.6 Å². The van der Waals surface area contributed by atoms with E-state index >= 15 is 0 Å². The zero-order valence-corrected chi connectivity index (χ0v) is 20.3. The van der Waals surface area contributed by atoms with Crippen molar-refractivity contribution in [2.45, 2.75) is 41.5 Å². The summed E-state index contributed by atoms with van der Waals surface area (Å²) in [5, 5.41) is 17.8. The van der Waals surface area contributed by atoms with Crippen LogP contribution in [-0.2, 0) is 4.79 Å². The van der Waals surface area contributed by atoms with E-state index in [1.165, 1.54) is 16.4 Å². The lowest BCUT2D eigenvalue weighted by atomic mass is 10.0. The Balaban J connectivity index is 1.65. The van der Waals surface area contributed by atoms with Gasteiger partial charge in [0, 0.05) is 5.39 Å². The predicted octanol–water partition coefficient (Wildman–Crippen LogP) is 5.16. The van der Waals surface area contributed by atoms with Crippen LogP contribution in [0.1, 0.15) is 38.9 Å². The van der Waals surface area contributed by atoms with Crippen LogP contribution in [0, 0.1) is 52.9 Å². The normalized spacial score (nSPS) is 10.9. The number of anilines is 1. The molecule has 0 unspecified atom stereocenters. The molecule has 0 bridgehead atoms. The highest BCUT2D eigenvalue weighted by Crippen LogP contribution is 2.27. The van der Waals surface area contributed by atoms with Crippen molar-refractivity contribution in [1.82, 2.24) is 14.8 Å². The first-order valence-corrected chi connectivity index (χ1v) is 11.1. The third-order valence-electron chi connectivity index (χ3n) is 5.93. The number of carbonyl (C=O) groups excluding carboxylic acids is 1. The van der Waals surface area contributed by atoms with Gasteiger partial charge in [0.1, 0.15) is 17.4 Å². The van der Waals surface area contributed by atoms with Gasteiger partial charge in [-0.05, 0) is 87.6 Å². The van der Waals surface area contributed by atoms with Crippen molar-refractivity contribution in [3.8, 4) is 17.6 Å². The van der Waals surface area contributed by atoms with E-state index in [0.29, 0.717) is 11.6 Å². The molecule has 0 radical (unpaired) electrons. The number of amides is 1. The molecule has 4 aromatic rings. The molecule has 0 aliphatic rings.